The lowest BCUT2D eigenvalue weighted by molar-refractivity contribution is -0.131. The molecule has 0 saturated carbocycles. The maximum absolute atomic E-state index is 12.6. The summed E-state index contributed by atoms with van der Waals surface area (Å²) in [4.78, 5) is 31.0. The molecule has 1 aliphatic rings. The third-order valence-corrected chi connectivity index (χ3v) is 4.61. The van der Waals surface area contributed by atoms with E-state index in [0.29, 0.717) is 10.0 Å². The van der Waals surface area contributed by atoms with Gasteiger partial charge in [-0.05, 0) is 31.2 Å². The van der Waals surface area contributed by atoms with Crippen LogP contribution in [0.1, 0.15) is 17.5 Å². The van der Waals surface area contributed by atoms with Crippen LogP contribution in [-0.4, -0.2) is 21.8 Å². The molecule has 1 atom stereocenters. The van der Waals surface area contributed by atoms with Crippen molar-refractivity contribution < 1.29 is 9.59 Å². The summed E-state index contributed by atoms with van der Waals surface area (Å²) in [5.41, 5.74) is -0.602. The van der Waals surface area contributed by atoms with E-state index in [9.17, 15) is 9.59 Å². The van der Waals surface area contributed by atoms with Crippen molar-refractivity contribution in [3.63, 3.8) is 0 Å². The zero-order valence-electron chi connectivity index (χ0n) is 11.2. The molecule has 3 rings (SSSR count). The van der Waals surface area contributed by atoms with Crippen LogP contribution in [0, 0.1) is 0 Å². The van der Waals surface area contributed by atoms with Crippen LogP contribution in [0.2, 0.25) is 4.34 Å². The van der Waals surface area contributed by atoms with Crippen LogP contribution in [-0.2, 0) is 16.9 Å². The monoisotopic (exact) mass is 321 g/mol. The zero-order chi connectivity index (χ0) is 15.0. The highest BCUT2D eigenvalue weighted by Crippen LogP contribution is 2.30. The van der Waals surface area contributed by atoms with Crippen LogP contribution in [0.3, 0.4) is 0 Å². The van der Waals surface area contributed by atoms with Gasteiger partial charge in [-0.15, -0.1) is 11.3 Å². The first kappa shape index (κ1) is 14.0. The van der Waals surface area contributed by atoms with E-state index in [-0.39, 0.29) is 12.5 Å². The third kappa shape index (κ3) is 2.41. The van der Waals surface area contributed by atoms with Gasteiger partial charge < -0.3 is 5.32 Å². The molecule has 3 heterocycles. The summed E-state index contributed by atoms with van der Waals surface area (Å²) in [7, 11) is 0. The fourth-order valence-corrected chi connectivity index (χ4v) is 3.34. The van der Waals surface area contributed by atoms with Crippen molar-refractivity contribution in [3.05, 3.63) is 51.4 Å². The average Bonchev–Trinajstić information content (AvgIpc) is 2.98. The number of thiophene rings is 1. The number of hydrogen-bond acceptors (Lipinski definition) is 4. The number of amides is 3. The summed E-state index contributed by atoms with van der Waals surface area (Å²) in [5, 5.41) is 2.72. The Kier molecular flexibility index (Phi) is 3.43. The van der Waals surface area contributed by atoms with Crippen LogP contribution in [0.4, 0.5) is 4.79 Å². The number of pyridine rings is 1. The summed E-state index contributed by atoms with van der Waals surface area (Å²) >= 11 is 7.23. The van der Waals surface area contributed by atoms with Crippen LogP contribution in [0.5, 0.6) is 0 Å². The Morgan fingerprint density at radius 2 is 2.14 bits per heavy atom. The highest BCUT2D eigenvalue weighted by molar-refractivity contribution is 7.16. The van der Waals surface area contributed by atoms with E-state index >= 15 is 0 Å². The summed E-state index contributed by atoms with van der Waals surface area (Å²) in [6.07, 6.45) is 1.60. The van der Waals surface area contributed by atoms with E-state index in [1.54, 1.807) is 37.4 Å². The second-order valence-corrected chi connectivity index (χ2v) is 6.67. The van der Waals surface area contributed by atoms with Crippen molar-refractivity contribution in [1.82, 2.24) is 15.2 Å². The molecule has 0 radical (unpaired) electrons. The molecule has 3 amide bonds. The number of rotatable bonds is 3. The van der Waals surface area contributed by atoms with E-state index in [0.717, 1.165) is 4.88 Å². The number of halogens is 1. The van der Waals surface area contributed by atoms with E-state index < -0.39 is 11.6 Å². The molecular formula is C14H12ClN3O2S. The normalized spacial score (nSPS) is 21.7. The molecule has 1 fully saturated rings. The Bertz CT molecular complexity index is 703. The predicted octanol–water partition coefficient (Wildman–Crippen LogP) is 2.76. The predicted molar refractivity (Wildman–Crippen MR) is 80.0 cm³/mol. The second-order valence-electron chi connectivity index (χ2n) is 4.87. The largest absolute Gasteiger partial charge is 0.325 e. The standard InChI is InChI=1S/C14H12ClN3O2S/c1-14(10-4-2-3-7-16-10)12(19)18(13(20)17-14)8-9-5-6-11(15)21-9/h2-7H,8H2,1H3,(H,17,20)/t14-/m1/s1. The molecule has 0 spiro atoms. The SMILES string of the molecule is C[C@]1(c2ccccn2)NC(=O)N(Cc2ccc(Cl)s2)C1=O. The Balaban J connectivity index is 1.88. The molecule has 2 aromatic heterocycles. The number of imide groups is 1. The van der Waals surface area contributed by atoms with Gasteiger partial charge in [-0.2, -0.15) is 0 Å². The van der Waals surface area contributed by atoms with Crippen LogP contribution in [0.15, 0.2) is 36.5 Å². The van der Waals surface area contributed by atoms with Crippen molar-refractivity contribution in [2.24, 2.45) is 0 Å². The number of nitrogens with zero attached hydrogens (tertiary/aromatic N) is 2. The first-order chi connectivity index (χ1) is 10.0. The molecule has 7 heteroatoms. The Labute approximate surface area is 130 Å². The molecule has 108 valence electrons. The topological polar surface area (TPSA) is 62.3 Å². The lowest BCUT2D eigenvalue weighted by atomic mass is 9.97. The van der Waals surface area contributed by atoms with Gasteiger partial charge in [0, 0.05) is 11.1 Å². The van der Waals surface area contributed by atoms with Gasteiger partial charge in [0.1, 0.15) is 0 Å². The number of carbonyl (C=O) groups excluding carboxylic acids is 2. The first-order valence-electron chi connectivity index (χ1n) is 6.30. The Morgan fingerprint density at radius 3 is 2.76 bits per heavy atom. The zero-order valence-corrected chi connectivity index (χ0v) is 12.7. The third-order valence-electron chi connectivity index (χ3n) is 3.39. The van der Waals surface area contributed by atoms with Gasteiger partial charge in [0.25, 0.3) is 5.91 Å². The van der Waals surface area contributed by atoms with Crippen molar-refractivity contribution in [2.75, 3.05) is 0 Å². The number of nitrogens with one attached hydrogen (secondary N) is 1. The Morgan fingerprint density at radius 1 is 1.33 bits per heavy atom. The van der Waals surface area contributed by atoms with Gasteiger partial charge in [-0.25, -0.2) is 4.79 Å². The highest BCUT2D eigenvalue weighted by atomic mass is 35.5. The van der Waals surface area contributed by atoms with Crippen molar-refractivity contribution in [3.8, 4) is 0 Å². The van der Waals surface area contributed by atoms with Crippen LogP contribution >= 0.6 is 22.9 Å². The number of aromatic nitrogens is 1. The van der Waals surface area contributed by atoms with E-state index in [2.05, 4.69) is 10.3 Å². The maximum Gasteiger partial charge on any atom is 0.325 e. The number of hydrogen-bond donors (Lipinski definition) is 1. The van der Waals surface area contributed by atoms with E-state index in [4.69, 9.17) is 11.6 Å². The second kappa shape index (κ2) is 5.13. The van der Waals surface area contributed by atoms with E-state index in [1.165, 1.54) is 16.2 Å². The molecule has 1 saturated heterocycles. The lowest BCUT2D eigenvalue weighted by Gasteiger charge is -2.20. The minimum absolute atomic E-state index is 0.213. The minimum Gasteiger partial charge on any atom is -0.318 e. The van der Waals surface area contributed by atoms with E-state index in [1.807, 2.05) is 6.07 Å². The van der Waals surface area contributed by atoms with Gasteiger partial charge in [0.2, 0.25) is 0 Å². The quantitative estimate of drug-likeness (QED) is 0.884. The molecule has 0 unspecified atom stereocenters. The molecule has 5 nitrogen and oxygen atoms in total. The van der Waals surface area contributed by atoms with Gasteiger partial charge >= 0.3 is 6.03 Å². The Hall–Kier alpha value is -1.92. The summed E-state index contributed by atoms with van der Waals surface area (Å²) in [5.74, 6) is -0.310. The molecule has 1 N–H and O–H groups in total. The van der Waals surface area contributed by atoms with Gasteiger partial charge in [0.15, 0.2) is 5.54 Å². The van der Waals surface area contributed by atoms with Crippen molar-refractivity contribution >= 4 is 34.9 Å². The molecular weight excluding hydrogens is 310 g/mol. The maximum atomic E-state index is 12.6. The molecule has 0 aliphatic carbocycles. The molecule has 0 aromatic carbocycles. The van der Waals surface area contributed by atoms with Crippen LogP contribution in [0.25, 0.3) is 0 Å². The molecule has 1 aliphatic heterocycles. The van der Waals surface area contributed by atoms with Gasteiger partial charge in [-0.1, -0.05) is 17.7 Å². The summed E-state index contributed by atoms with van der Waals surface area (Å²) in [6.45, 7) is 1.88. The highest BCUT2D eigenvalue weighted by Gasteiger charge is 2.49. The fraction of sp³-hybridized carbons (Fsp3) is 0.214. The summed E-state index contributed by atoms with van der Waals surface area (Å²) in [6, 6.07) is 8.41. The number of urea groups is 1. The molecule has 2 aromatic rings. The van der Waals surface area contributed by atoms with Crippen LogP contribution < -0.4 is 5.32 Å². The van der Waals surface area contributed by atoms with Gasteiger partial charge in [0.05, 0.1) is 16.6 Å². The van der Waals surface area contributed by atoms with Gasteiger partial charge in [-0.3, -0.25) is 14.7 Å². The first-order valence-corrected chi connectivity index (χ1v) is 7.50. The molecule has 21 heavy (non-hydrogen) atoms. The minimum atomic E-state index is -1.13. The summed E-state index contributed by atoms with van der Waals surface area (Å²) < 4.78 is 0.629. The lowest BCUT2D eigenvalue weighted by Crippen LogP contribution is -2.41. The average molecular weight is 322 g/mol. The van der Waals surface area contributed by atoms with Crippen molar-refractivity contribution in [1.29, 1.82) is 0 Å². The number of carbonyl (C=O) groups is 2. The fourth-order valence-electron chi connectivity index (χ4n) is 2.27. The van der Waals surface area contributed by atoms with Crippen molar-refractivity contribution in [2.45, 2.75) is 19.0 Å². The smallest absolute Gasteiger partial charge is 0.318 e. The molecule has 0 bridgehead atoms.